The van der Waals surface area contributed by atoms with E-state index in [1.54, 1.807) is 24.4 Å². The molecule has 0 aliphatic rings. The SMILES string of the molecule is NS(=O)(=O)c1ccc2c(ccn2-c2ccncn2)c1. The third kappa shape index (κ3) is 2.09. The van der Waals surface area contributed by atoms with Crippen molar-refractivity contribution in [3.8, 4) is 5.82 Å². The van der Waals surface area contributed by atoms with Crippen LogP contribution in [0.25, 0.3) is 16.7 Å². The van der Waals surface area contributed by atoms with Crippen molar-refractivity contribution >= 4 is 20.9 Å². The molecular weight excluding hydrogens is 264 g/mol. The van der Waals surface area contributed by atoms with Crippen LogP contribution in [-0.4, -0.2) is 23.0 Å². The van der Waals surface area contributed by atoms with Gasteiger partial charge in [-0.2, -0.15) is 0 Å². The predicted molar refractivity (Wildman–Crippen MR) is 70.2 cm³/mol. The van der Waals surface area contributed by atoms with Crippen LogP contribution >= 0.6 is 0 Å². The second-order valence-corrected chi connectivity index (χ2v) is 5.58. The van der Waals surface area contributed by atoms with E-state index in [-0.39, 0.29) is 4.90 Å². The first-order chi connectivity index (χ1) is 9.05. The van der Waals surface area contributed by atoms with Crippen LogP contribution in [0.3, 0.4) is 0 Å². The number of nitrogens with zero attached hydrogens (tertiary/aromatic N) is 3. The fourth-order valence-electron chi connectivity index (χ4n) is 1.92. The Morgan fingerprint density at radius 3 is 2.68 bits per heavy atom. The lowest BCUT2D eigenvalue weighted by atomic mass is 10.2. The molecule has 0 amide bonds. The summed E-state index contributed by atoms with van der Waals surface area (Å²) >= 11 is 0. The van der Waals surface area contributed by atoms with E-state index in [0.717, 1.165) is 10.9 Å². The Labute approximate surface area is 109 Å². The van der Waals surface area contributed by atoms with Crippen molar-refractivity contribution in [1.82, 2.24) is 14.5 Å². The molecule has 0 radical (unpaired) electrons. The van der Waals surface area contributed by atoms with Gasteiger partial charge < -0.3 is 4.57 Å². The Kier molecular flexibility index (Phi) is 2.58. The Morgan fingerprint density at radius 1 is 1.16 bits per heavy atom. The summed E-state index contributed by atoms with van der Waals surface area (Å²) in [5, 5.41) is 5.89. The molecule has 0 bridgehead atoms. The zero-order chi connectivity index (χ0) is 13.5. The van der Waals surface area contributed by atoms with Crippen molar-refractivity contribution < 1.29 is 8.42 Å². The van der Waals surface area contributed by atoms with E-state index in [2.05, 4.69) is 9.97 Å². The molecule has 19 heavy (non-hydrogen) atoms. The number of aromatic nitrogens is 3. The lowest BCUT2D eigenvalue weighted by Gasteiger charge is -2.04. The monoisotopic (exact) mass is 274 g/mol. The number of hydrogen-bond donors (Lipinski definition) is 1. The van der Waals surface area contributed by atoms with Crippen molar-refractivity contribution in [3.05, 3.63) is 49.1 Å². The highest BCUT2D eigenvalue weighted by Crippen LogP contribution is 2.21. The van der Waals surface area contributed by atoms with E-state index >= 15 is 0 Å². The first-order valence-electron chi connectivity index (χ1n) is 5.46. The quantitative estimate of drug-likeness (QED) is 0.756. The summed E-state index contributed by atoms with van der Waals surface area (Å²) in [5.74, 6) is 0.716. The molecule has 0 spiro atoms. The number of benzene rings is 1. The van der Waals surface area contributed by atoms with Gasteiger partial charge in [0.25, 0.3) is 0 Å². The molecule has 0 saturated carbocycles. The lowest BCUT2D eigenvalue weighted by molar-refractivity contribution is 0.598. The van der Waals surface area contributed by atoms with Gasteiger partial charge >= 0.3 is 0 Å². The van der Waals surface area contributed by atoms with E-state index in [1.807, 2.05) is 16.8 Å². The molecular formula is C12H10N4O2S. The van der Waals surface area contributed by atoms with E-state index in [9.17, 15) is 8.42 Å². The lowest BCUT2D eigenvalue weighted by Crippen LogP contribution is -2.11. The normalized spacial score (nSPS) is 11.8. The van der Waals surface area contributed by atoms with Gasteiger partial charge in [-0.15, -0.1) is 0 Å². The average Bonchev–Trinajstić information content (AvgIpc) is 2.81. The van der Waals surface area contributed by atoms with Crippen LogP contribution in [0.2, 0.25) is 0 Å². The highest BCUT2D eigenvalue weighted by atomic mass is 32.2. The maximum absolute atomic E-state index is 11.3. The van der Waals surface area contributed by atoms with Crippen LogP contribution in [-0.2, 0) is 10.0 Å². The van der Waals surface area contributed by atoms with Gasteiger partial charge in [-0.3, -0.25) is 0 Å². The minimum absolute atomic E-state index is 0.0976. The van der Waals surface area contributed by atoms with Crippen LogP contribution in [0.5, 0.6) is 0 Å². The van der Waals surface area contributed by atoms with Crippen molar-refractivity contribution in [2.45, 2.75) is 4.90 Å². The van der Waals surface area contributed by atoms with Gasteiger partial charge in [0, 0.05) is 17.8 Å². The molecule has 7 heteroatoms. The number of rotatable bonds is 2. The minimum atomic E-state index is -3.68. The van der Waals surface area contributed by atoms with Crippen LogP contribution in [0.4, 0.5) is 0 Å². The van der Waals surface area contributed by atoms with Gasteiger partial charge in [-0.05, 0) is 30.3 Å². The van der Waals surface area contributed by atoms with Crippen molar-refractivity contribution in [3.63, 3.8) is 0 Å². The molecule has 0 fully saturated rings. The summed E-state index contributed by atoms with van der Waals surface area (Å²) in [5.41, 5.74) is 0.853. The topological polar surface area (TPSA) is 90.9 Å². The first kappa shape index (κ1) is 11.8. The number of sulfonamides is 1. The zero-order valence-electron chi connectivity index (χ0n) is 9.76. The second-order valence-electron chi connectivity index (χ2n) is 4.02. The molecule has 3 rings (SSSR count). The molecule has 2 heterocycles. The summed E-state index contributed by atoms with van der Waals surface area (Å²) in [7, 11) is -3.68. The van der Waals surface area contributed by atoms with Gasteiger partial charge in [-0.25, -0.2) is 23.5 Å². The van der Waals surface area contributed by atoms with Gasteiger partial charge in [-0.1, -0.05) is 0 Å². The number of nitrogens with two attached hydrogens (primary N) is 1. The standard InChI is InChI=1S/C12H10N4O2S/c13-19(17,18)10-1-2-11-9(7-10)4-6-16(11)12-3-5-14-8-15-12/h1-8H,(H2,13,17,18). The summed E-state index contributed by atoms with van der Waals surface area (Å²) in [4.78, 5) is 8.11. The Balaban J connectivity index is 2.21. The first-order valence-corrected chi connectivity index (χ1v) is 7.01. The van der Waals surface area contributed by atoms with Crippen LogP contribution in [0.15, 0.2) is 53.9 Å². The molecule has 96 valence electrons. The van der Waals surface area contributed by atoms with Gasteiger partial charge in [0.2, 0.25) is 10.0 Å². The third-order valence-electron chi connectivity index (χ3n) is 2.80. The van der Waals surface area contributed by atoms with E-state index in [0.29, 0.717) is 5.82 Å². The number of fused-ring (bicyclic) bond motifs is 1. The molecule has 0 atom stereocenters. The highest BCUT2D eigenvalue weighted by Gasteiger charge is 2.10. The number of primary sulfonamides is 1. The highest BCUT2D eigenvalue weighted by molar-refractivity contribution is 7.89. The number of hydrogen-bond acceptors (Lipinski definition) is 4. The van der Waals surface area contributed by atoms with Crippen molar-refractivity contribution in [1.29, 1.82) is 0 Å². The summed E-state index contributed by atoms with van der Waals surface area (Å²) in [6.07, 6.45) is 4.92. The molecule has 0 aliphatic carbocycles. The molecule has 1 aromatic carbocycles. The molecule has 0 saturated heterocycles. The van der Waals surface area contributed by atoms with E-state index in [1.165, 1.54) is 12.4 Å². The molecule has 0 aliphatic heterocycles. The largest absolute Gasteiger partial charge is 0.301 e. The van der Waals surface area contributed by atoms with E-state index in [4.69, 9.17) is 5.14 Å². The smallest absolute Gasteiger partial charge is 0.238 e. The average molecular weight is 274 g/mol. The molecule has 0 unspecified atom stereocenters. The third-order valence-corrected chi connectivity index (χ3v) is 3.71. The maximum Gasteiger partial charge on any atom is 0.238 e. The summed E-state index contributed by atoms with van der Waals surface area (Å²) in [6, 6.07) is 8.31. The molecule has 2 aromatic heterocycles. The maximum atomic E-state index is 11.3. The fraction of sp³-hybridized carbons (Fsp3) is 0. The Bertz CT molecular complexity index is 841. The van der Waals surface area contributed by atoms with Gasteiger partial charge in [0.15, 0.2) is 0 Å². The minimum Gasteiger partial charge on any atom is -0.301 e. The Morgan fingerprint density at radius 2 is 2.00 bits per heavy atom. The fourth-order valence-corrected chi connectivity index (χ4v) is 2.47. The predicted octanol–water partition coefficient (Wildman–Crippen LogP) is 1.07. The van der Waals surface area contributed by atoms with Crippen LogP contribution in [0.1, 0.15) is 0 Å². The molecule has 2 N–H and O–H groups in total. The van der Waals surface area contributed by atoms with Crippen molar-refractivity contribution in [2.75, 3.05) is 0 Å². The molecule has 3 aromatic rings. The van der Waals surface area contributed by atoms with Gasteiger partial charge in [0.1, 0.15) is 12.1 Å². The summed E-state index contributed by atoms with van der Waals surface area (Å²) < 4.78 is 24.5. The van der Waals surface area contributed by atoms with Gasteiger partial charge in [0.05, 0.1) is 10.4 Å². The zero-order valence-corrected chi connectivity index (χ0v) is 10.6. The summed E-state index contributed by atoms with van der Waals surface area (Å²) in [6.45, 7) is 0. The van der Waals surface area contributed by atoms with Crippen molar-refractivity contribution in [2.24, 2.45) is 5.14 Å². The van der Waals surface area contributed by atoms with Crippen LogP contribution in [0, 0.1) is 0 Å². The Hall–Kier alpha value is -2.25. The second kappa shape index (κ2) is 4.15. The van der Waals surface area contributed by atoms with Crippen LogP contribution < -0.4 is 5.14 Å². The molecule has 6 nitrogen and oxygen atoms in total. The van der Waals surface area contributed by atoms with E-state index < -0.39 is 10.0 Å².